The normalized spacial score (nSPS) is 15.7. The summed E-state index contributed by atoms with van der Waals surface area (Å²) in [6, 6.07) is 2.88. The minimum atomic E-state index is -4.41. The van der Waals surface area contributed by atoms with E-state index >= 15 is 0 Å². The first-order valence-electron chi connectivity index (χ1n) is 9.14. The van der Waals surface area contributed by atoms with Crippen molar-refractivity contribution in [2.24, 2.45) is 5.92 Å². The number of alkyl halides is 3. The van der Waals surface area contributed by atoms with Gasteiger partial charge < -0.3 is 14.4 Å². The monoisotopic (exact) mass is 438 g/mol. The van der Waals surface area contributed by atoms with Crippen LogP contribution >= 0.6 is 0 Å². The van der Waals surface area contributed by atoms with E-state index in [1.54, 1.807) is 13.8 Å². The van der Waals surface area contributed by atoms with Gasteiger partial charge in [-0.3, -0.25) is 4.79 Å². The maximum absolute atomic E-state index is 12.8. The minimum Gasteiger partial charge on any atom is -0.490 e. The van der Waals surface area contributed by atoms with Crippen molar-refractivity contribution in [1.29, 1.82) is 0 Å². The fraction of sp³-hybridized carbons (Fsp3) is 0.611. The molecule has 1 unspecified atom stereocenters. The van der Waals surface area contributed by atoms with E-state index in [-0.39, 0.29) is 10.6 Å². The topological polar surface area (TPSA) is 84.9 Å². The van der Waals surface area contributed by atoms with Gasteiger partial charge >= 0.3 is 6.18 Å². The molecule has 164 valence electrons. The van der Waals surface area contributed by atoms with Gasteiger partial charge in [0.2, 0.25) is 15.9 Å². The molecule has 0 fully saturated rings. The summed E-state index contributed by atoms with van der Waals surface area (Å²) in [5.41, 5.74) is 0. The number of sulfonamides is 1. The van der Waals surface area contributed by atoms with Crippen molar-refractivity contribution in [1.82, 2.24) is 9.62 Å². The Labute approximate surface area is 168 Å². The lowest BCUT2D eigenvalue weighted by atomic mass is 10.0. The maximum atomic E-state index is 12.8. The molecule has 7 nitrogen and oxygen atoms in total. The van der Waals surface area contributed by atoms with Gasteiger partial charge in [-0.1, -0.05) is 13.8 Å². The molecule has 1 aromatic rings. The van der Waals surface area contributed by atoms with Crippen molar-refractivity contribution < 1.29 is 35.9 Å². The molecule has 1 N–H and O–H groups in total. The van der Waals surface area contributed by atoms with E-state index in [0.717, 1.165) is 4.90 Å². The number of nitrogens with one attached hydrogen (secondary N) is 1. The first kappa shape index (κ1) is 23.3. The Morgan fingerprint density at radius 1 is 1.21 bits per heavy atom. The molecule has 0 radical (unpaired) electrons. The van der Waals surface area contributed by atoms with Crippen LogP contribution in [0.3, 0.4) is 0 Å². The Balaban J connectivity index is 2.18. The molecule has 1 atom stereocenters. The third-order valence-corrected chi connectivity index (χ3v) is 5.79. The standard InChI is InChI=1S/C18H25F3N2O5S/c1-12(2)16(17(24)23(3)8-7-18(19,20)21)22-29(25,26)13-5-6-14-15(11-13)28-10-4-9-27-14/h5-6,11-12,16,22H,4,7-10H2,1-3H3. The summed E-state index contributed by atoms with van der Waals surface area (Å²) < 4.78 is 76.2. The molecule has 0 spiro atoms. The number of fused-ring (bicyclic) bond motifs is 1. The van der Waals surface area contributed by atoms with E-state index < -0.39 is 47.0 Å². The molecule has 1 aromatic carbocycles. The second-order valence-electron chi connectivity index (χ2n) is 7.13. The number of hydrogen-bond acceptors (Lipinski definition) is 5. The Morgan fingerprint density at radius 3 is 2.41 bits per heavy atom. The zero-order valence-electron chi connectivity index (χ0n) is 16.5. The zero-order chi connectivity index (χ0) is 21.8. The van der Waals surface area contributed by atoms with E-state index in [1.165, 1.54) is 25.2 Å². The Hall–Kier alpha value is -2.01. The van der Waals surface area contributed by atoms with Crippen LogP contribution in [0.5, 0.6) is 11.5 Å². The molecule has 2 rings (SSSR count). The number of nitrogens with zero attached hydrogens (tertiary/aromatic N) is 1. The third-order valence-electron chi connectivity index (χ3n) is 4.35. The van der Waals surface area contributed by atoms with Crippen molar-refractivity contribution in [2.45, 2.75) is 43.8 Å². The molecular weight excluding hydrogens is 413 g/mol. The summed E-state index contributed by atoms with van der Waals surface area (Å²) in [6.07, 6.45) is -4.93. The van der Waals surface area contributed by atoms with Crippen LogP contribution in [-0.2, 0) is 14.8 Å². The van der Waals surface area contributed by atoms with E-state index in [0.29, 0.717) is 25.4 Å². The lowest BCUT2D eigenvalue weighted by Gasteiger charge is -2.27. The quantitative estimate of drug-likeness (QED) is 0.707. The number of ether oxygens (including phenoxy) is 2. The molecule has 0 aromatic heterocycles. The molecule has 29 heavy (non-hydrogen) atoms. The van der Waals surface area contributed by atoms with Crippen LogP contribution in [0.15, 0.2) is 23.1 Å². The number of benzene rings is 1. The van der Waals surface area contributed by atoms with Gasteiger partial charge in [0.15, 0.2) is 11.5 Å². The van der Waals surface area contributed by atoms with E-state index in [4.69, 9.17) is 9.47 Å². The number of amides is 1. The summed E-state index contributed by atoms with van der Waals surface area (Å²) in [6.45, 7) is 3.48. The van der Waals surface area contributed by atoms with Crippen LogP contribution < -0.4 is 14.2 Å². The number of carbonyl (C=O) groups excluding carboxylic acids is 1. The second-order valence-corrected chi connectivity index (χ2v) is 8.84. The zero-order valence-corrected chi connectivity index (χ0v) is 17.3. The lowest BCUT2D eigenvalue weighted by Crippen LogP contribution is -2.50. The predicted molar refractivity (Wildman–Crippen MR) is 99.3 cm³/mol. The Bertz CT molecular complexity index is 827. The molecule has 1 heterocycles. The summed E-state index contributed by atoms with van der Waals surface area (Å²) in [5.74, 6) is -0.516. The number of carbonyl (C=O) groups is 1. The van der Waals surface area contributed by atoms with Crippen LogP contribution in [-0.4, -0.2) is 58.2 Å². The van der Waals surface area contributed by atoms with Crippen LogP contribution in [0.1, 0.15) is 26.7 Å². The van der Waals surface area contributed by atoms with Crippen molar-refractivity contribution in [3.05, 3.63) is 18.2 Å². The Morgan fingerprint density at radius 2 is 1.83 bits per heavy atom. The molecule has 0 saturated heterocycles. The fourth-order valence-electron chi connectivity index (χ4n) is 2.66. The average Bonchev–Trinajstić information content (AvgIpc) is 2.87. The molecule has 0 bridgehead atoms. The minimum absolute atomic E-state index is 0.127. The molecule has 11 heteroatoms. The molecular formula is C18H25F3N2O5S. The number of hydrogen-bond donors (Lipinski definition) is 1. The highest BCUT2D eigenvalue weighted by Crippen LogP contribution is 2.32. The van der Waals surface area contributed by atoms with Crippen molar-refractivity contribution in [3.63, 3.8) is 0 Å². The van der Waals surface area contributed by atoms with Gasteiger partial charge in [0.05, 0.1) is 24.5 Å². The van der Waals surface area contributed by atoms with Crippen molar-refractivity contribution in [3.8, 4) is 11.5 Å². The van der Waals surface area contributed by atoms with Crippen LogP contribution in [0, 0.1) is 5.92 Å². The highest BCUT2D eigenvalue weighted by atomic mass is 32.2. The van der Waals surface area contributed by atoms with E-state index in [1.807, 2.05) is 0 Å². The molecule has 1 aliphatic heterocycles. The average molecular weight is 438 g/mol. The highest BCUT2D eigenvalue weighted by molar-refractivity contribution is 7.89. The molecule has 1 aliphatic rings. The van der Waals surface area contributed by atoms with Crippen molar-refractivity contribution >= 4 is 15.9 Å². The molecule has 0 saturated carbocycles. The summed E-state index contributed by atoms with van der Waals surface area (Å²) in [5, 5.41) is 0. The number of halogens is 3. The van der Waals surface area contributed by atoms with Crippen LogP contribution in [0.25, 0.3) is 0 Å². The third kappa shape index (κ3) is 6.49. The number of rotatable bonds is 7. The first-order chi connectivity index (χ1) is 13.4. The van der Waals surface area contributed by atoms with Gasteiger partial charge in [0.25, 0.3) is 0 Å². The maximum Gasteiger partial charge on any atom is 0.390 e. The smallest absolute Gasteiger partial charge is 0.390 e. The SMILES string of the molecule is CC(C)C(NS(=O)(=O)c1ccc2c(c1)OCCCO2)C(=O)N(C)CCC(F)(F)F. The van der Waals surface area contributed by atoms with Gasteiger partial charge in [0, 0.05) is 26.1 Å². The van der Waals surface area contributed by atoms with Gasteiger partial charge in [-0.2, -0.15) is 17.9 Å². The highest BCUT2D eigenvalue weighted by Gasteiger charge is 2.33. The molecule has 0 aliphatic carbocycles. The largest absolute Gasteiger partial charge is 0.490 e. The predicted octanol–water partition coefficient (Wildman–Crippen LogP) is 2.56. The summed E-state index contributed by atoms with van der Waals surface area (Å²) in [4.78, 5) is 13.3. The van der Waals surface area contributed by atoms with Gasteiger partial charge in [-0.15, -0.1) is 0 Å². The Kier molecular flexibility index (Phi) is 7.39. The first-order valence-corrected chi connectivity index (χ1v) is 10.6. The van der Waals surface area contributed by atoms with Gasteiger partial charge in [0.1, 0.15) is 6.04 Å². The summed E-state index contributed by atoms with van der Waals surface area (Å²) in [7, 11) is -2.91. The van der Waals surface area contributed by atoms with Gasteiger partial charge in [-0.25, -0.2) is 8.42 Å². The van der Waals surface area contributed by atoms with Crippen LogP contribution in [0.4, 0.5) is 13.2 Å². The van der Waals surface area contributed by atoms with Crippen LogP contribution in [0.2, 0.25) is 0 Å². The summed E-state index contributed by atoms with van der Waals surface area (Å²) >= 11 is 0. The lowest BCUT2D eigenvalue weighted by molar-refractivity contribution is -0.145. The number of likely N-dealkylation sites (N-methyl/N-ethyl adjacent to an activating group) is 1. The van der Waals surface area contributed by atoms with E-state index in [9.17, 15) is 26.4 Å². The van der Waals surface area contributed by atoms with E-state index in [2.05, 4.69) is 4.72 Å². The van der Waals surface area contributed by atoms with Crippen molar-refractivity contribution in [2.75, 3.05) is 26.8 Å². The van der Waals surface area contributed by atoms with Gasteiger partial charge in [-0.05, 0) is 18.1 Å². The molecule has 1 amide bonds. The second kappa shape index (κ2) is 9.21. The fourth-order valence-corrected chi connectivity index (χ4v) is 4.01.